The maximum Gasteiger partial charge on any atom is 0.281 e. The van der Waals surface area contributed by atoms with Crippen LogP contribution in [0.2, 0.25) is 0 Å². The molecule has 2 aliphatic heterocycles. The zero-order chi connectivity index (χ0) is 21.9. The van der Waals surface area contributed by atoms with Crippen molar-refractivity contribution in [3.05, 3.63) is 54.1 Å². The molecule has 0 radical (unpaired) electrons. The molecule has 1 aromatic heterocycles. The van der Waals surface area contributed by atoms with E-state index in [1.54, 1.807) is 9.47 Å². The van der Waals surface area contributed by atoms with Crippen LogP contribution in [0.25, 0.3) is 11.0 Å². The summed E-state index contributed by atoms with van der Waals surface area (Å²) >= 11 is 0. The Bertz CT molecular complexity index is 1310. The summed E-state index contributed by atoms with van der Waals surface area (Å²) in [6.45, 7) is 5.03. The second-order valence-corrected chi connectivity index (χ2v) is 7.45. The van der Waals surface area contributed by atoms with Crippen molar-refractivity contribution in [2.75, 3.05) is 16.3 Å². The number of para-hydroxylation sites is 3. The fourth-order valence-corrected chi connectivity index (χ4v) is 4.42. The summed E-state index contributed by atoms with van der Waals surface area (Å²) in [6, 6.07) is 14.8. The Labute approximate surface area is 178 Å². The molecule has 0 bridgehead atoms. The number of benzene rings is 2. The number of aliphatic imine (C=N–C) groups is 1. The first kappa shape index (κ1) is 19.0. The molecule has 1 N–H and O–H groups in total. The van der Waals surface area contributed by atoms with E-state index >= 15 is 0 Å². The lowest BCUT2D eigenvalue weighted by molar-refractivity contribution is -0.124. The van der Waals surface area contributed by atoms with E-state index in [0.29, 0.717) is 23.1 Å². The van der Waals surface area contributed by atoms with E-state index in [4.69, 9.17) is 4.99 Å². The quantitative estimate of drug-likeness (QED) is 0.655. The summed E-state index contributed by atoms with van der Waals surface area (Å²) in [5, 5.41) is 2.63. The zero-order valence-electron chi connectivity index (χ0n) is 17.3. The van der Waals surface area contributed by atoms with Crippen LogP contribution in [0.5, 0.6) is 0 Å². The first-order chi connectivity index (χ1) is 14.9. The minimum absolute atomic E-state index is 0.0242. The van der Waals surface area contributed by atoms with Crippen molar-refractivity contribution in [2.45, 2.75) is 26.4 Å². The van der Waals surface area contributed by atoms with E-state index < -0.39 is 11.6 Å². The number of hydrogen-bond acceptors (Lipinski definition) is 5. The largest absolute Gasteiger partial charge is 0.308 e. The van der Waals surface area contributed by atoms with Gasteiger partial charge >= 0.3 is 0 Å². The molecule has 0 saturated heterocycles. The predicted molar refractivity (Wildman–Crippen MR) is 116 cm³/mol. The number of imidazole rings is 1. The molecule has 3 heterocycles. The smallest absolute Gasteiger partial charge is 0.281 e. The number of guanidine groups is 1. The summed E-state index contributed by atoms with van der Waals surface area (Å²) < 4.78 is 1.70. The van der Waals surface area contributed by atoms with Crippen molar-refractivity contribution < 1.29 is 14.4 Å². The van der Waals surface area contributed by atoms with Crippen molar-refractivity contribution >= 4 is 46.4 Å². The van der Waals surface area contributed by atoms with Gasteiger partial charge in [-0.1, -0.05) is 30.3 Å². The zero-order valence-corrected chi connectivity index (χ0v) is 17.3. The molecule has 2 aliphatic rings. The number of fused-ring (bicyclic) bond motifs is 6. The van der Waals surface area contributed by atoms with Crippen molar-refractivity contribution in [3.8, 4) is 0 Å². The molecule has 1 spiro atoms. The van der Waals surface area contributed by atoms with E-state index in [-0.39, 0.29) is 23.7 Å². The molecule has 9 heteroatoms. The second kappa shape index (κ2) is 6.49. The Morgan fingerprint density at radius 2 is 1.77 bits per heavy atom. The highest BCUT2D eigenvalue weighted by Crippen LogP contribution is 2.48. The fraction of sp³-hybridized carbons (Fsp3) is 0.227. The fourth-order valence-electron chi connectivity index (χ4n) is 4.42. The molecule has 3 amide bonds. The van der Waals surface area contributed by atoms with Gasteiger partial charge in [-0.2, -0.15) is 0 Å². The van der Waals surface area contributed by atoms with Gasteiger partial charge in [0.05, 0.1) is 16.7 Å². The molecular weight excluding hydrogens is 396 g/mol. The number of nitrogens with zero attached hydrogens (tertiary/aromatic N) is 5. The van der Waals surface area contributed by atoms with Gasteiger partial charge in [-0.25, -0.2) is 14.9 Å². The predicted octanol–water partition coefficient (Wildman–Crippen LogP) is 1.96. The van der Waals surface area contributed by atoms with Crippen LogP contribution < -0.4 is 15.1 Å². The first-order valence-corrected chi connectivity index (χ1v) is 9.97. The maximum atomic E-state index is 13.9. The summed E-state index contributed by atoms with van der Waals surface area (Å²) in [4.78, 5) is 50.8. The molecule has 0 saturated carbocycles. The highest BCUT2D eigenvalue weighted by Gasteiger charge is 2.57. The maximum absolute atomic E-state index is 13.9. The van der Waals surface area contributed by atoms with Crippen LogP contribution in [0.1, 0.15) is 26.3 Å². The van der Waals surface area contributed by atoms with Gasteiger partial charge in [-0.3, -0.25) is 24.3 Å². The number of carbonyl (C=O) groups is 3. The Morgan fingerprint density at radius 1 is 1.06 bits per heavy atom. The molecule has 5 rings (SSSR count). The third-order valence-electron chi connectivity index (χ3n) is 5.58. The minimum atomic E-state index is -1.53. The van der Waals surface area contributed by atoms with E-state index in [1.165, 1.54) is 18.7 Å². The van der Waals surface area contributed by atoms with Gasteiger partial charge in [0.25, 0.3) is 5.91 Å². The van der Waals surface area contributed by atoms with Crippen molar-refractivity contribution in [2.24, 2.45) is 4.99 Å². The van der Waals surface area contributed by atoms with Gasteiger partial charge in [-0.15, -0.1) is 0 Å². The van der Waals surface area contributed by atoms with E-state index in [9.17, 15) is 14.4 Å². The van der Waals surface area contributed by atoms with Crippen LogP contribution in [0, 0.1) is 0 Å². The molecule has 156 valence electrons. The Morgan fingerprint density at radius 3 is 2.48 bits per heavy atom. The average molecular weight is 416 g/mol. The standard InChI is InChI=1S/C22H20N6O3/c1-4-26-17-11-7-5-9-15(17)22(19(26)31)25-20(23-13(2)29)27(14(3)30)21-24-16-10-6-8-12-18(16)28(21)22/h5-12H,4H2,1-3H3,(H,23,25,29)/t22-/m0/s1. The van der Waals surface area contributed by atoms with E-state index in [0.717, 1.165) is 5.69 Å². The van der Waals surface area contributed by atoms with Gasteiger partial charge in [0.15, 0.2) is 0 Å². The molecule has 0 aliphatic carbocycles. The minimum Gasteiger partial charge on any atom is -0.308 e. The third kappa shape index (κ3) is 2.40. The lowest BCUT2D eigenvalue weighted by Crippen LogP contribution is -2.56. The normalized spacial score (nSPS) is 19.5. The van der Waals surface area contributed by atoms with Crippen LogP contribution in [0.15, 0.2) is 53.5 Å². The Hall–Kier alpha value is -4.01. The van der Waals surface area contributed by atoms with E-state index in [1.807, 2.05) is 55.5 Å². The van der Waals surface area contributed by atoms with Crippen LogP contribution in [-0.2, 0) is 20.0 Å². The van der Waals surface area contributed by atoms with Crippen LogP contribution in [0.3, 0.4) is 0 Å². The van der Waals surface area contributed by atoms with Crippen LogP contribution in [0.4, 0.5) is 11.6 Å². The van der Waals surface area contributed by atoms with Gasteiger partial charge < -0.3 is 4.90 Å². The molecular formula is C22H20N6O3. The summed E-state index contributed by atoms with van der Waals surface area (Å²) in [5.74, 6) is -0.857. The molecule has 1 atom stereocenters. The highest BCUT2D eigenvalue weighted by molar-refractivity contribution is 6.22. The number of rotatable bonds is 1. The van der Waals surface area contributed by atoms with E-state index in [2.05, 4.69) is 10.3 Å². The number of likely N-dealkylation sites (N-methyl/N-ethyl adjacent to an activating group) is 1. The Kier molecular flexibility index (Phi) is 3.98. The lowest BCUT2D eigenvalue weighted by Gasteiger charge is -2.36. The van der Waals surface area contributed by atoms with Crippen LogP contribution >= 0.6 is 0 Å². The molecule has 2 aromatic carbocycles. The highest BCUT2D eigenvalue weighted by atomic mass is 16.2. The number of nitrogens with one attached hydrogen (secondary N) is 1. The summed E-state index contributed by atoms with van der Waals surface area (Å²) in [7, 11) is 0. The number of anilines is 2. The number of amides is 3. The van der Waals surface area contributed by atoms with Gasteiger partial charge in [0, 0.05) is 26.0 Å². The Balaban J connectivity index is 1.94. The van der Waals surface area contributed by atoms with Crippen molar-refractivity contribution in [1.29, 1.82) is 0 Å². The van der Waals surface area contributed by atoms with Gasteiger partial charge in [-0.05, 0) is 25.1 Å². The monoisotopic (exact) mass is 416 g/mol. The third-order valence-corrected chi connectivity index (χ3v) is 5.58. The number of aromatic nitrogens is 2. The topological polar surface area (TPSA) is 99.9 Å². The van der Waals surface area contributed by atoms with Crippen molar-refractivity contribution in [3.63, 3.8) is 0 Å². The molecule has 0 fully saturated rings. The second-order valence-electron chi connectivity index (χ2n) is 7.45. The lowest BCUT2D eigenvalue weighted by atomic mass is 10.00. The summed E-state index contributed by atoms with van der Waals surface area (Å²) in [6.07, 6.45) is 0. The number of hydrogen-bond donors (Lipinski definition) is 1. The van der Waals surface area contributed by atoms with Crippen LogP contribution in [-0.4, -0.2) is 39.8 Å². The molecule has 3 aromatic rings. The number of carbonyl (C=O) groups excluding carboxylic acids is 3. The summed E-state index contributed by atoms with van der Waals surface area (Å²) in [5.41, 5.74) is 1.15. The SMILES string of the molecule is CCN1C(=O)[C@]2(N=C(NC(C)=O)N(C(C)=O)c3nc4ccccc4n32)c2ccccc21. The average Bonchev–Trinajstić information content (AvgIpc) is 3.22. The molecule has 31 heavy (non-hydrogen) atoms. The van der Waals surface area contributed by atoms with Crippen molar-refractivity contribution in [1.82, 2.24) is 14.9 Å². The molecule has 0 unspecified atom stereocenters. The van der Waals surface area contributed by atoms with Gasteiger partial charge in [0.1, 0.15) is 0 Å². The first-order valence-electron chi connectivity index (χ1n) is 9.97. The van der Waals surface area contributed by atoms with Gasteiger partial charge in [0.2, 0.25) is 29.4 Å². The molecule has 9 nitrogen and oxygen atoms in total.